The Bertz CT molecular complexity index is 951. The van der Waals surface area contributed by atoms with Crippen LogP contribution in [0.25, 0.3) is 16.7 Å². The molecule has 8 heteroatoms. The van der Waals surface area contributed by atoms with Crippen molar-refractivity contribution in [3.8, 4) is 0 Å². The van der Waals surface area contributed by atoms with E-state index in [0.29, 0.717) is 5.95 Å². The van der Waals surface area contributed by atoms with Gasteiger partial charge in [0.2, 0.25) is 5.95 Å². The molecule has 0 radical (unpaired) electrons. The predicted octanol–water partition coefficient (Wildman–Crippen LogP) is 1.46. The van der Waals surface area contributed by atoms with Crippen LogP contribution in [-0.4, -0.2) is 34.3 Å². The number of hydrogen-bond acceptors (Lipinski definition) is 6. The maximum Gasteiger partial charge on any atom is 0.229 e. The number of aryl methyl sites for hydroxylation is 2. The third-order valence-electron chi connectivity index (χ3n) is 3.34. The fraction of sp³-hybridized carbons (Fsp3) is 0.154. The number of nitrogens with one attached hydrogen (secondary N) is 1. The summed E-state index contributed by atoms with van der Waals surface area (Å²) in [6.45, 7) is 2.00. The van der Waals surface area contributed by atoms with Gasteiger partial charge in [-0.2, -0.15) is 15.2 Å². The molecule has 0 atom stereocenters. The Hall–Kier alpha value is -3.03. The Balaban J connectivity index is 1.77. The molecular weight excluding hydrogens is 268 g/mol. The van der Waals surface area contributed by atoms with Crippen LogP contribution < -0.4 is 5.32 Å². The summed E-state index contributed by atoms with van der Waals surface area (Å²) in [5.74, 6) is 0.522. The van der Waals surface area contributed by atoms with Gasteiger partial charge >= 0.3 is 0 Å². The smallest absolute Gasteiger partial charge is 0.229 e. The zero-order chi connectivity index (χ0) is 14.4. The van der Waals surface area contributed by atoms with Gasteiger partial charge in [-0.1, -0.05) is 0 Å². The lowest BCUT2D eigenvalue weighted by Crippen LogP contribution is -2.02. The Morgan fingerprint density at radius 2 is 2.05 bits per heavy atom. The summed E-state index contributed by atoms with van der Waals surface area (Å²) in [5, 5.41) is 12.4. The molecule has 0 aliphatic carbocycles. The molecule has 0 aliphatic heterocycles. The Morgan fingerprint density at radius 3 is 2.95 bits per heavy atom. The highest BCUT2D eigenvalue weighted by Gasteiger charge is 2.07. The van der Waals surface area contributed by atoms with Gasteiger partial charge in [0.05, 0.1) is 23.5 Å². The molecule has 4 rings (SSSR count). The van der Waals surface area contributed by atoms with Crippen LogP contribution in [0, 0.1) is 6.92 Å². The quantitative estimate of drug-likeness (QED) is 0.598. The first-order chi connectivity index (χ1) is 10.2. The molecule has 0 aromatic carbocycles. The molecule has 4 aromatic rings. The highest BCUT2D eigenvalue weighted by molar-refractivity contribution is 5.75. The normalized spacial score (nSPS) is 11.3. The van der Waals surface area contributed by atoms with Crippen molar-refractivity contribution >= 4 is 28.3 Å². The fourth-order valence-corrected chi connectivity index (χ4v) is 2.20. The lowest BCUT2D eigenvalue weighted by Gasteiger charge is -2.08. The highest BCUT2D eigenvalue weighted by atomic mass is 15.3. The fourth-order valence-electron chi connectivity index (χ4n) is 2.20. The summed E-state index contributed by atoms with van der Waals surface area (Å²) in [4.78, 5) is 12.9. The van der Waals surface area contributed by atoms with Gasteiger partial charge in [-0.15, -0.1) is 0 Å². The second kappa shape index (κ2) is 4.23. The van der Waals surface area contributed by atoms with E-state index in [9.17, 15) is 0 Å². The zero-order valence-electron chi connectivity index (χ0n) is 11.5. The molecule has 0 saturated carbocycles. The third-order valence-corrected chi connectivity index (χ3v) is 3.34. The number of fused-ring (bicyclic) bond motifs is 2. The van der Waals surface area contributed by atoms with Crippen molar-refractivity contribution in [1.29, 1.82) is 0 Å². The molecule has 4 aromatic heterocycles. The second-order valence-corrected chi connectivity index (χ2v) is 4.80. The average molecular weight is 280 g/mol. The van der Waals surface area contributed by atoms with E-state index in [0.717, 1.165) is 27.9 Å². The SMILES string of the molecule is Cc1cc2ncnn2cc1Nc1ncc2cnn(C)c2n1. The summed E-state index contributed by atoms with van der Waals surface area (Å²) in [6, 6.07) is 1.96. The number of rotatable bonds is 2. The predicted molar refractivity (Wildman–Crippen MR) is 77.3 cm³/mol. The molecule has 0 bridgehead atoms. The minimum atomic E-state index is 0.522. The van der Waals surface area contributed by atoms with Crippen LogP contribution >= 0.6 is 0 Å². The van der Waals surface area contributed by atoms with Crippen molar-refractivity contribution in [1.82, 2.24) is 34.3 Å². The van der Waals surface area contributed by atoms with Crippen LogP contribution in [0.5, 0.6) is 0 Å². The average Bonchev–Trinajstić information content (AvgIpc) is 3.06. The van der Waals surface area contributed by atoms with Gasteiger partial charge in [0.25, 0.3) is 0 Å². The van der Waals surface area contributed by atoms with Gasteiger partial charge in [-0.05, 0) is 18.6 Å². The van der Waals surface area contributed by atoms with E-state index in [1.54, 1.807) is 21.6 Å². The standard InChI is InChI=1S/C13H12N8/c1-8-3-11-15-7-17-21(11)6-10(8)18-13-14-4-9-5-16-20(2)12(9)19-13/h3-7H,1-2H3,(H,14,18,19). The monoisotopic (exact) mass is 280 g/mol. The topological polar surface area (TPSA) is 85.8 Å². The summed E-state index contributed by atoms with van der Waals surface area (Å²) in [5.41, 5.74) is 3.52. The van der Waals surface area contributed by atoms with Gasteiger partial charge in [0.15, 0.2) is 11.3 Å². The molecule has 0 amide bonds. The van der Waals surface area contributed by atoms with E-state index in [1.807, 2.05) is 26.2 Å². The van der Waals surface area contributed by atoms with E-state index in [2.05, 4.69) is 30.5 Å². The minimum absolute atomic E-state index is 0.522. The van der Waals surface area contributed by atoms with Crippen LogP contribution in [0.15, 0.2) is 31.0 Å². The van der Waals surface area contributed by atoms with Gasteiger partial charge in [-0.25, -0.2) is 14.5 Å². The van der Waals surface area contributed by atoms with Crippen LogP contribution in [0.1, 0.15) is 5.56 Å². The molecule has 0 fully saturated rings. The number of anilines is 2. The van der Waals surface area contributed by atoms with Crippen molar-refractivity contribution in [2.45, 2.75) is 6.92 Å². The third kappa shape index (κ3) is 1.88. The van der Waals surface area contributed by atoms with Gasteiger partial charge in [-0.3, -0.25) is 4.68 Å². The van der Waals surface area contributed by atoms with Gasteiger partial charge in [0, 0.05) is 13.2 Å². The first kappa shape index (κ1) is 11.8. The van der Waals surface area contributed by atoms with E-state index in [1.165, 1.54) is 6.33 Å². The van der Waals surface area contributed by atoms with E-state index < -0.39 is 0 Å². The van der Waals surface area contributed by atoms with Crippen LogP contribution in [0.2, 0.25) is 0 Å². The summed E-state index contributed by atoms with van der Waals surface area (Å²) >= 11 is 0. The zero-order valence-corrected chi connectivity index (χ0v) is 11.5. The van der Waals surface area contributed by atoms with Crippen LogP contribution in [0.3, 0.4) is 0 Å². The van der Waals surface area contributed by atoms with Crippen LogP contribution in [0.4, 0.5) is 11.6 Å². The van der Waals surface area contributed by atoms with Crippen molar-refractivity contribution in [2.75, 3.05) is 5.32 Å². The maximum absolute atomic E-state index is 4.47. The largest absolute Gasteiger partial charge is 0.323 e. The number of hydrogen-bond donors (Lipinski definition) is 1. The number of pyridine rings is 1. The van der Waals surface area contributed by atoms with Crippen molar-refractivity contribution in [3.05, 3.63) is 36.5 Å². The molecule has 4 heterocycles. The molecular formula is C13H12N8. The van der Waals surface area contributed by atoms with Gasteiger partial charge < -0.3 is 5.32 Å². The van der Waals surface area contributed by atoms with Crippen LogP contribution in [-0.2, 0) is 7.05 Å². The molecule has 0 spiro atoms. The Morgan fingerprint density at radius 1 is 1.14 bits per heavy atom. The maximum atomic E-state index is 4.47. The Labute approximate surface area is 119 Å². The lowest BCUT2D eigenvalue weighted by molar-refractivity contribution is 0.786. The van der Waals surface area contributed by atoms with E-state index in [4.69, 9.17) is 0 Å². The van der Waals surface area contributed by atoms with Crippen molar-refractivity contribution in [3.63, 3.8) is 0 Å². The molecule has 21 heavy (non-hydrogen) atoms. The first-order valence-corrected chi connectivity index (χ1v) is 6.42. The minimum Gasteiger partial charge on any atom is -0.323 e. The lowest BCUT2D eigenvalue weighted by atomic mass is 10.2. The molecule has 0 saturated heterocycles. The van der Waals surface area contributed by atoms with Gasteiger partial charge in [0.1, 0.15) is 6.33 Å². The molecule has 8 nitrogen and oxygen atoms in total. The number of aromatic nitrogens is 7. The summed E-state index contributed by atoms with van der Waals surface area (Å²) in [7, 11) is 1.85. The van der Waals surface area contributed by atoms with Crippen molar-refractivity contribution < 1.29 is 0 Å². The highest BCUT2D eigenvalue weighted by Crippen LogP contribution is 2.20. The summed E-state index contributed by atoms with van der Waals surface area (Å²) in [6.07, 6.45) is 6.89. The molecule has 0 aliphatic rings. The second-order valence-electron chi connectivity index (χ2n) is 4.80. The summed E-state index contributed by atoms with van der Waals surface area (Å²) < 4.78 is 3.42. The molecule has 1 N–H and O–H groups in total. The van der Waals surface area contributed by atoms with E-state index >= 15 is 0 Å². The Kier molecular flexibility index (Phi) is 2.37. The molecule has 104 valence electrons. The first-order valence-electron chi connectivity index (χ1n) is 6.42. The van der Waals surface area contributed by atoms with Crippen molar-refractivity contribution in [2.24, 2.45) is 7.05 Å². The van der Waals surface area contributed by atoms with E-state index in [-0.39, 0.29) is 0 Å². The molecule has 0 unspecified atom stereocenters. The number of nitrogens with zero attached hydrogens (tertiary/aromatic N) is 7.